The summed E-state index contributed by atoms with van der Waals surface area (Å²) in [6.07, 6.45) is 0.355. The van der Waals surface area contributed by atoms with Crippen LogP contribution in [0.5, 0.6) is 5.75 Å². The highest BCUT2D eigenvalue weighted by atomic mass is 16.5. The molecular weight excluding hydrogens is 452 g/mol. The van der Waals surface area contributed by atoms with Gasteiger partial charge in [0, 0.05) is 30.9 Å². The fraction of sp³-hybridized carbons (Fsp3) is 0.280. The van der Waals surface area contributed by atoms with E-state index < -0.39 is 24.0 Å². The molecule has 2 aromatic carbocycles. The minimum Gasteiger partial charge on any atom is -0.494 e. The predicted molar refractivity (Wildman–Crippen MR) is 127 cm³/mol. The van der Waals surface area contributed by atoms with E-state index in [1.807, 2.05) is 62.4 Å². The maximum atomic E-state index is 13.4. The second-order valence-corrected chi connectivity index (χ2v) is 8.20. The zero-order valence-corrected chi connectivity index (χ0v) is 19.4. The van der Waals surface area contributed by atoms with Crippen molar-refractivity contribution in [2.75, 3.05) is 26.2 Å². The molecule has 1 aromatic heterocycles. The van der Waals surface area contributed by atoms with Gasteiger partial charge in [-0.3, -0.25) is 9.36 Å². The van der Waals surface area contributed by atoms with Gasteiger partial charge in [-0.25, -0.2) is 14.6 Å². The Kier molecular flexibility index (Phi) is 6.72. The number of rotatable bonds is 6. The zero-order chi connectivity index (χ0) is 25.1. The highest BCUT2D eigenvalue weighted by molar-refractivity contribution is 5.96. The molecule has 0 aliphatic carbocycles. The molecule has 35 heavy (non-hydrogen) atoms. The number of carbonyl (C=O) groups is 3. The number of hydrogen-bond acceptors (Lipinski definition) is 5. The summed E-state index contributed by atoms with van der Waals surface area (Å²) < 4.78 is 7.39. The lowest BCUT2D eigenvalue weighted by atomic mass is 10.1. The predicted octanol–water partition coefficient (Wildman–Crippen LogP) is 3.14. The van der Waals surface area contributed by atoms with E-state index in [4.69, 9.17) is 4.74 Å². The molecule has 0 saturated carbocycles. The molecule has 1 aliphatic rings. The van der Waals surface area contributed by atoms with E-state index in [0.717, 1.165) is 21.7 Å². The summed E-state index contributed by atoms with van der Waals surface area (Å²) in [6, 6.07) is 13.8. The van der Waals surface area contributed by atoms with Gasteiger partial charge in [0.1, 0.15) is 23.3 Å². The van der Waals surface area contributed by atoms with E-state index in [1.165, 1.54) is 4.90 Å². The molecule has 3 aromatic rings. The molecule has 0 bridgehead atoms. The molecule has 2 heterocycles. The van der Waals surface area contributed by atoms with Crippen LogP contribution in [0.25, 0.3) is 17.1 Å². The second-order valence-electron chi connectivity index (χ2n) is 8.20. The Labute approximate surface area is 202 Å². The molecule has 4 rings (SSSR count). The Morgan fingerprint density at radius 1 is 1.09 bits per heavy atom. The molecule has 2 amide bonds. The number of imidazole rings is 1. The molecule has 0 unspecified atom stereocenters. The SMILES string of the molecule is CCOc1cccc(-n2cc(C(=O)N3CCN(C(=O)O)C[C@@H]3C(=O)O)nc2-c2ccc(C)cc2)c1. The third-order valence-corrected chi connectivity index (χ3v) is 5.84. The van der Waals surface area contributed by atoms with Crippen molar-refractivity contribution in [2.24, 2.45) is 0 Å². The Bertz CT molecular complexity index is 1250. The van der Waals surface area contributed by atoms with Crippen LogP contribution in [-0.4, -0.2) is 79.8 Å². The third kappa shape index (κ3) is 4.96. The monoisotopic (exact) mass is 478 g/mol. The van der Waals surface area contributed by atoms with E-state index >= 15 is 0 Å². The first kappa shape index (κ1) is 23.8. The van der Waals surface area contributed by atoms with Crippen LogP contribution in [0, 0.1) is 6.92 Å². The number of amides is 2. The summed E-state index contributed by atoms with van der Waals surface area (Å²) in [7, 11) is 0. The van der Waals surface area contributed by atoms with E-state index in [-0.39, 0.29) is 25.3 Å². The first-order valence-corrected chi connectivity index (χ1v) is 11.2. The Morgan fingerprint density at radius 2 is 1.83 bits per heavy atom. The summed E-state index contributed by atoms with van der Waals surface area (Å²) in [5, 5.41) is 18.9. The van der Waals surface area contributed by atoms with Crippen molar-refractivity contribution in [3.63, 3.8) is 0 Å². The van der Waals surface area contributed by atoms with E-state index in [1.54, 1.807) is 10.8 Å². The Morgan fingerprint density at radius 3 is 2.49 bits per heavy atom. The molecule has 2 N–H and O–H groups in total. The number of hydrogen-bond donors (Lipinski definition) is 2. The Balaban J connectivity index is 1.75. The summed E-state index contributed by atoms with van der Waals surface area (Å²) in [5.74, 6) is -0.669. The normalized spacial score (nSPS) is 15.7. The van der Waals surface area contributed by atoms with Crippen molar-refractivity contribution < 1.29 is 29.3 Å². The summed E-state index contributed by atoms with van der Waals surface area (Å²) in [5.41, 5.74) is 2.64. The molecule has 10 heteroatoms. The maximum Gasteiger partial charge on any atom is 0.407 e. The van der Waals surface area contributed by atoms with E-state index in [0.29, 0.717) is 18.2 Å². The van der Waals surface area contributed by atoms with Crippen molar-refractivity contribution in [3.05, 3.63) is 66.0 Å². The van der Waals surface area contributed by atoms with Crippen LogP contribution in [0.4, 0.5) is 4.79 Å². The zero-order valence-electron chi connectivity index (χ0n) is 19.4. The molecule has 1 fully saturated rings. The lowest BCUT2D eigenvalue weighted by Crippen LogP contribution is -2.59. The fourth-order valence-electron chi connectivity index (χ4n) is 4.03. The summed E-state index contributed by atoms with van der Waals surface area (Å²) >= 11 is 0. The van der Waals surface area contributed by atoms with Gasteiger partial charge in [0.2, 0.25) is 0 Å². The van der Waals surface area contributed by atoms with Gasteiger partial charge >= 0.3 is 12.1 Å². The van der Waals surface area contributed by atoms with Crippen LogP contribution in [0.3, 0.4) is 0 Å². The highest BCUT2D eigenvalue weighted by Crippen LogP contribution is 2.27. The lowest BCUT2D eigenvalue weighted by Gasteiger charge is -2.37. The van der Waals surface area contributed by atoms with Crippen LogP contribution in [0.1, 0.15) is 23.0 Å². The number of aromatic nitrogens is 2. The number of aliphatic carboxylic acids is 1. The minimum absolute atomic E-state index is 0.0206. The van der Waals surface area contributed by atoms with Crippen molar-refractivity contribution in [1.82, 2.24) is 19.4 Å². The molecule has 1 atom stereocenters. The van der Waals surface area contributed by atoms with Gasteiger partial charge < -0.3 is 24.7 Å². The third-order valence-electron chi connectivity index (χ3n) is 5.84. The lowest BCUT2D eigenvalue weighted by molar-refractivity contribution is -0.144. The van der Waals surface area contributed by atoms with Gasteiger partial charge in [0.25, 0.3) is 5.91 Å². The fourth-order valence-corrected chi connectivity index (χ4v) is 4.03. The smallest absolute Gasteiger partial charge is 0.407 e. The van der Waals surface area contributed by atoms with Crippen molar-refractivity contribution in [2.45, 2.75) is 19.9 Å². The summed E-state index contributed by atoms with van der Waals surface area (Å²) in [4.78, 5) is 43.4. The van der Waals surface area contributed by atoms with Crippen LogP contribution in [0.2, 0.25) is 0 Å². The van der Waals surface area contributed by atoms with Gasteiger partial charge in [0.05, 0.1) is 18.8 Å². The molecule has 1 saturated heterocycles. The first-order valence-electron chi connectivity index (χ1n) is 11.2. The highest BCUT2D eigenvalue weighted by Gasteiger charge is 2.38. The number of piperazine rings is 1. The number of carboxylic acids is 1. The van der Waals surface area contributed by atoms with E-state index in [2.05, 4.69) is 4.98 Å². The Hall–Kier alpha value is -4.34. The maximum absolute atomic E-state index is 13.4. The van der Waals surface area contributed by atoms with Gasteiger partial charge in [-0.05, 0) is 26.0 Å². The van der Waals surface area contributed by atoms with Crippen LogP contribution < -0.4 is 4.74 Å². The topological polar surface area (TPSA) is 125 Å². The van der Waals surface area contributed by atoms with Gasteiger partial charge in [-0.2, -0.15) is 0 Å². The quantitative estimate of drug-likeness (QED) is 0.558. The van der Waals surface area contributed by atoms with Crippen LogP contribution in [-0.2, 0) is 4.79 Å². The number of carboxylic acid groups (broad SMARTS) is 2. The van der Waals surface area contributed by atoms with Crippen LogP contribution >= 0.6 is 0 Å². The van der Waals surface area contributed by atoms with E-state index in [9.17, 15) is 24.6 Å². The molecule has 0 radical (unpaired) electrons. The average Bonchev–Trinajstić information content (AvgIpc) is 3.29. The molecular formula is C25H26N4O6. The number of benzene rings is 2. The molecule has 10 nitrogen and oxygen atoms in total. The van der Waals surface area contributed by atoms with Gasteiger partial charge in [-0.1, -0.05) is 35.9 Å². The van der Waals surface area contributed by atoms with Gasteiger partial charge in [-0.15, -0.1) is 0 Å². The standard InChI is InChI=1S/C25H26N4O6/c1-3-35-19-6-4-5-18(13-19)29-14-20(26-22(29)17-9-7-16(2)8-10-17)23(30)28-12-11-27(25(33)34)15-21(28)24(31)32/h4-10,13-14,21H,3,11-12,15H2,1-2H3,(H,31,32)(H,33,34)/t21-/m1/s1. The number of ether oxygens (including phenoxy) is 1. The first-order chi connectivity index (χ1) is 16.8. The summed E-state index contributed by atoms with van der Waals surface area (Å²) in [6.45, 7) is 4.03. The molecule has 1 aliphatic heterocycles. The largest absolute Gasteiger partial charge is 0.494 e. The second kappa shape index (κ2) is 9.88. The van der Waals surface area contributed by atoms with Crippen molar-refractivity contribution in [1.29, 1.82) is 0 Å². The van der Waals surface area contributed by atoms with Gasteiger partial charge in [0.15, 0.2) is 0 Å². The number of aryl methyl sites for hydroxylation is 1. The minimum atomic E-state index is -1.30. The molecule has 182 valence electrons. The van der Waals surface area contributed by atoms with Crippen molar-refractivity contribution in [3.8, 4) is 22.8 Å². The number of nitrogens with zero attached hydrogens (tertiary/aromatic N) is 4. The number of carbonyl (C=O) groups excluding carboxylic acids is 1. The molecule has 0 spiro atoms. The average molecular weight is 479 g/mol. The van der Waals surface area contributed by atoms with Crippen LogP contribution in [0.15, 0.2) is 54.7 Å². The van der Waals surface area contributed by atoms with Crippen molar-refractivity contribution >= 4 is 18.0 Å².